The topological polar surface area (TPSA) is 111 Å². The normalized spacial score (nSPS) is 14.5. The van der Waals surface area contributed by atoms with Gasteiger partial charge in [0.1, 0.15) is 6.11 Å². The van der Waals surface area contributed by atoms with Gasteiger partial charge in [0, 0.05) is 6.92 Å². The highest BCUT2D eigenvalue weighted by atomic mass is 35.5. The number of nitrogens with zero attached hydrogens (tertiary/aromatic N) is 1. The molecular formula is C33H47ClN2O7. The SMILES string of the molecule is CC#COC(C(=O)Nc1cc(C(=O)OCCCCCCCCCCCCCCCC)ccc1Cl)N1C(=O)OC(C)(C)C1=O. The Labute approximate surface area is 261 Å². The van der Waals surface area contributed by atoms with Crippen LogP contribution in [-0.2, 0) is 23.8 Å². The molecule has 0 aliphatic carbocycles. The van der Waals surface area contributed by atoms with E-state index < -0.39 is 35.7 Å². The van der Waals surface area contributed by atoms with Crippen molar-refractivity contribution in [2.75, 3.05) is 11.9 Å². The summed E-state index contributed by atoms with van der Waals surface area (Å²) in [4.78, 5) is 51.3. The Morgan fingerprint density at radius 3 is 2.02 bits per heavy atom. The lowest BCUT2D eigenvalue weighted by molar-refractivity contribution is -0.146. The summed E-state index contributed by atoms with van der Waals surface area (Å²) in [6, 6.07) is 4.30. The molecule has 1 heterocycles. The van der Waals surface area contributed by atoms with E-state index in [1.807, 2.05) is 0 Å². The largest absolute Gasteiger partial charge is 0.462 e. The first-order chi connectivity index (χ1) is 20.6. The number of ether oxygens (including phenoxy) is 3. The summed E-state index contributed by atoms with van der Waals surface area (Å²) in [7, 11) is 0. The van der Waals surface area contributed by atoms with Gasteiger partial charge in [-0.3, -0.25) is 9.59 Å². The second kappa shape index (κ2) is 19.1. The van der Waals surface area contributed by atoms with Gasteiger partial charge < -0.3 is 19.5 Å². The molecule has 0 aromatic heterocycles. The van der Waals surface area contributed by atoms with Gasteiger partial charge in [-0.05, 0) is 38.5 Å². The van der Waals surface area contributed by atoms with Gasteiger partial charge in [0.15, 0.2) is 5.60 Å². The summed E-state index contributed by atoms with van der Waals surface area (Å²) >= 11 is 6.25. The first-order valence-corrected chi connectivity index (χ1v) is 15.9. The quantitative estimate of drug-likeness (QED) is 0.0895. The van der Waals surface area contributed by atoms with Crippen molar-refractivity contribution >= 4 is 41.2 Å². The predicted molar refractivity (Wildman–Crippen MR) is 166 cm³/mol. The molecule has 10 heteroatoms. The van der Waals surface area contributed by atoms with Gasteiger partial charge >= 0.3 is 12.1 Å². The zero-order valence-electron chi connectivity index (χ0n) is 26.1. The second-order valence-electron chi connectivity index (χ2n) is 11.3. The van der Waals surface area contributed by atoms with Crippen LogP contribution in [0.3, 0.4) is 0 Å². The van der Waals surface area contributed by atoms with E-state index in [1.165, 1.54) is 110 Å². The van der Waals surface area contributed by atoms with Crippen molar-refractivity contribution < 1.29 is 33.4 Å². The Morgan fingerprint density at radius 1 is 0.953 bits per heavy atom. The maximum Gasteiger partial charge on any atom is 0.421 e. The number of hydrogen-bond acceptors (Lipinski definition) is 7. The molecule has 1 saturated heterocycles. The average molecular weight is 619 g/mol. The number of cyclic esters (lactones) is 1. The second-order valence-corrected chi connectivity index (χ2v) is 11.7. The lowest BCUT2D eigenvalue weighted by Crippen LogP contribution is -2.49. The zero-order chi connectivity index (χ0) is 31.7. The number of anilines is 1. The van der Waals surface area contributed by atoms with E-state index in [-0.39, 0.29) is 16.3 Å². The number of unbranched alkanes of at least 4 members (excludes halogenated alkanes) is 13. The van der Waals surface area contributed by atoms with E-state index in [2.05, 4.69) is 24.3 Å². The van der Waals surface area contributed by atoms with Crippen molar-refractivity contribution in [3.8, 4) is 12.0 Å². The van der Waals surface area contributed by atoms with Crippen molar-refractivity contribution in [2.24, 2.45) is 0 Å². The number of hydrogen-bond donors (Lipinski definition) is 1. The van der Waals surface area contributed by atoms with Gasteiger partial charge in [-0.25, -0.2) is 9.59 Å². The maximum atomic E-state index is 13.1. The van der Waals surface area contributed by atoms with E-state index in [1.54, 1.807) is 0 Å². The first-order valence-electron chi connectivity index (χ1n) is 15.5. The van der Waals surface area contributed by atoms with Crippen LogP contribution in [0, 0.1) is 12.0 Å². The van der Waals surface area contributed by atoms with Crippen LogP contribution in [0.15, 0.2) is 18.2 Å². The lowest BCUT2D eigenvalue weighted by Gasteiger charge is -2.22. The third-order valence-corrected chi connectivity index (χ3v) is 7.52. The monoisotopic (exact) mass is 618 g/mol. The standard InChI is InChI=1S/C33H47ClN2O7/c1-5-7-8-9-10-11-12-13-14-15-16-17-18-19-23-42-30(38)25-20-21-26(34)27(24-25)35-28(37)29(41-22-6-2)36-31(39)33(3,4)43-32(36)40/h20-21,24,29H,5,7-19,23H2,1-4H3,(H,35,37). The van der Waals surface area contributed by atoms with Gasteiger partial charge in [-0.15, -0.1) is 0 Å². The highest BCUT2D eigenvalue weighted by molar-refractivity contribution is 6.34. The molecule has 0 saturated carbocycles. The van der Waals surface area contributed by atoms with E-state index in [9.17, 15) is 19.2 Å². The third kappa shape index (κ3) is 12.1. The van der Waals surface area contributed by atoms with Crippen LogP contribution < -0.4 is 5.32 Å². The molecule has 238 valence electrons. The number of amides is 3. The Bertz CT molecular complexity index is 1140. The maximum absolute atomic E-state index is 13.1. The van der Waals surface area contributed by atoms with Gasteiger partial charge in [0.05, 0.1) is 22.9 Å². The number of imide groups is 1. The minimum Gasteiger partial charge on any atom is -0.462 e. The number of rotatable bonds is 20. The average Bonchev–Trinajstić information content (AvgIpc) is 3.17. The molecule has 1 aromatic carbocycles. The van der Waals surface area contributed by atoms with Crippen molar-refractivity contribution in [3.63, 3.8) is 0 Å². The van der Waals surface area contributed by atoms with E-state index in [0.717, 1.165) is 19.3 Å². The summed E-state index contributed by atoms with van der Waals surface area (Å²) in [6.07, 6.45) is 16.9. The molecule has 1 aliphatic heterocycles. The minimum absolute atomic E-state index is 0.0786. The molecule has 0 radical (unpaired) electrons. The highest BCUT2D eigenvalue weighted by Crippen LogP contribution is 2.28. The van der Waals surface area contributed by atoms with Crippen molar-refractivity contribution in [1.82, 2.24) is 4.90 Å². The van der Waals surface area contributed by atoms with Crippen LogP contribution >= 0.6 is 11.6 Å². The molecule has 1 aromatic rings. The fourth-order valence-corrected chi connectivity index (χ4v) is 4.88. The third-order valence-electron chi connectivity index (χ3n) is 7.20. The van der Waals surface area contributed by atoms with Crippen molar-refractivity contribution in [2.45, 2.75) is 129 Å². The van der Waals surface area contributed by atoms with Gasteiger partial charge in [-0.1, -0.05) is 108 Å². The number of benzene rings is 1. The van der Waals surface area contributed by atoms with Crippen molar-refractivity contribution in [1.29, 1.82) is 0 Å². The molecule has 1 aliphatic rings. The molecule has 2 rings (SSSR count). The Balaban J connectivity index is 1.76. The first kappa shape index (κ1) is 35.9. The molecule has 1 fully saturated rings. The molecule has 1 N–H and O–H groups in total. The summed E-state index contributed by atoms with van der Waals surface area (Å²) in [5.41, 5.74) is -1.20. The number of carbonyl (C=O) groups excluding carboxylic acids is 4. The predicted octanol–water partition coefficient (Wildman–Crippen LogP) is 8.00. The van der Waals surface area contributed by atoms with Gasteiger partial charge in [-0.2, -0.15) is 4.90 Å². The van der Waals surface area contributed by atoms with Crippen molar-refractivity contribution in [3.05, 3.63) is 28.8 Å². The molecule has 0 spiro atoms. The zero-order valence-corrected chi connectivity index (χ0v) is 26.9. The number of nitrogens with one attached hydrogen (secondary N) is 1. The van der Waals surface area contributed by atoms with Crippen LogP contribution in [0.5, 0.6) is 0 Å². The molecular weight excluding hydrogens is 572 g/mol. The number of esters is 1. The molecule has 0 bridgehead atoms. The van der Waals surface area contributed by atoms with Gasteiger partial charge in [0.2, 0.25) is 0 Å². The summed E-state index contributed by atoms with van der Waals surface area (Å²) < 4.78 is 15.7. The molecule has 9 nitrogen and oxygen atoms in total. The number of halogens is 1. The lowest BCUT2D eigenvalue weighted by atomic mass is 10.0. The van der Waals surface area contributed by atoms with Crippen LogP contribution in [0.4, 0.5) is 10.5 Å². The summed E-state index contributed by atoms with van der Waals surface area (Å²) in [5.74, 6) is 0.237. The summed E-state index contributed by atoms with van der Waals surface area (Å²) in [6.45, 7) is 6.81. The van der Waals surface area contributed by atoms with Crippen LogP contribution in [0.25, 0.3) is 0 Å². The molecule has 3 amide bonds. The smallest absolute Gasteiger partial charge is 0.421 e. The van der Waals surface area contributed by atoms with E-state index in [4.69, 9.17) is 25.8 Å². The van der Waals surface area contributed by atoms with E-state index >= 15 is 0 Å². The molecule has 43 heavy (non-hydrogen) atoms. The molecule has 1 atom stereocenters. The van der Waals surface area contributed by atoms with Crippen LogP contribution in [-0.4, -0.2) is 47.2 Å². The minimum atomic E-state index is -1.73. The summed E-state index contributed by atoms with van der Waals surface area (Å²) in [5, 5.41) is 2.64. The van der Waals surface area contributed by atoms with Crippen LogP contribution in [0.2, 0.25) is 5.02 Å². The van der Waals surface area contributed by atoms with Gasteiger partial charge in [0.25, 0.3) is 18.0 Å². The van der Waals surface area contributed by atoms with Crippen LogP contribution in [0.1, 0.15) is 128 Å². The Hall–Kier alpha value is -3.25. The Morgan fingerprint density at radius 2 is 1.51 bits per heavy atom. The highest BCUT2D eigenvalue weighted by Gasteiger charge is 2.53. The Kier molecular flexibility index (Phi) is 16.0. The fraction of sp³-hybridized carbons (Fsp3) is 0.636. The fourth-order valence-electron chi connectivity index (χ4n) is 4.71. The number of carbonyl (C=O) groups is 4. The molecule has 1 unspecified atom stereocenters. The van der Waals surface area contributed by atoms with E-state index in [0.29, 0.717) is 11.5 Å².